The Balaban J connectivity index is 5.09. The van der Waals surface area contributed by atoms with Crippen LogP contribution in [0.1, 0.15) is 375 Å². The van der Waals surface area contributed by atoms with Crippen molar-refractivity contribution >= 4 is 17.8 Å². The Morgan fingerprint density at radius 2 is 0.547 bits per heavy atom. The van der Waals surface area contributed by atoms with Gasteiger partial charge in [-0.15, -0.1) is 0 Å². The van der Waals surface area contributed by atoms with Crippen molar-refractivity contribution in [2.24, 2.45) is 0 Å². The predicted octanol–water partition coefficient (Wildman–Crippen LogP) is 21.3. The third-order valence-electron chi connectivity index (χ3n) is 16.2. The fourth-order valence-electron chi connectivity index (χ4n) is 11.2. The van der Waals surface area contributed by atoms with Gasteiger partial charge in [-0.2, -0.15) is 0 Å². The van der Waals surface area contributed by atoms with Crippen molar-refractivity contribution in [3.63, 3.8) is 0 Å². The number of unbranched alkanes of at least 4 members (excludes halogenated alkanes) is 36. The van der Waals surface area contributed by atoms with Crippen LogP contribution in [-0.4, -0.2) is 73.1 Å². The van der Waals surface area contributed by atoms with Crippen LogP contribution in [0.3, 0.4) is 0 Å². The number of amides is 1. The molecule has 7 nitrogen and oxygen atoms in total. The van der Waals surface area contributed by atoms with Crippen LogP contribution in [0.2, 0.25) is 0 Å². The molecule has 0 fully saturated rings. The second-order valence-corrected chi connectivity index (χ2v) is 24.0. The summed E-state index contributed by atoms with van der Waals surface area (Å²) >= 11 is 0. The first kappa shape index (κ1) is 73.4. The van der Waals surface area contributed by atoms with Crippen molar-refractivity contribution in [3.8, 4) is 0 Å². The number of hydrogen-bond acceptors (Lipinski definition) is 6. The largest absolute Gasteiger partial charge is 0.462 e. The van der Waals surface area contributed by atoms with Crippen molar-refractivity contribution in [1.29, 1.82) is 0 Å². The van der Waals surface area contributed by atoms with Gasteiger partial charge in [-0.3, -0.25) is 14.4 Å². The zero-order valence-electron chi connectivity index (χ0n) is 52.1. The fraction of sp³-hybridized carbons (Fsp3) is 0.956. The van der Waals surface area contributed by atoms with E-state index in [4.69, 9.17) is 9.47 Å². The molecule has 2 unspecified atom stereocenters. The van der Waals surface area contributed by atoms with E-state index in [0.29, 0.717) is 24.8 Å². The maximum atomic E-state index is 14.2. The van der Waals surface area contributed by atoms with Gasteiger partial charge in [-0.05, 0) is 117 Å². The summed E-state index contributed by atoms with van der Waals surface area (Å²) in [4.78, 5) is 44.5. The number of ether oxygens (including phenoxy) is 2. The monoisotopic (exact) mass is 1060 g/mol. The highest BCUT2D eigenvalue weighted by atomic mass is 16.5. The summed E-state index contributed by atoms with van der Waals surface area (Å²) in [6.45, 7) is 13.4. The van der Waals surface area contributed by atoms with E-state index in [2.05, 4.69) is 58.5 Å². The molecule has 0 N–H and O–H groups in total. The molecule has 0 aromatic heterocycles. The summed E-state index contributed by atoms with van der Waals surface area (Å²) in [5.74, 6) is 0.481. The third kappa shape index (κ3) is 51.6. The van der Waals surface area contributed by atoms with Crippen LogP contribution in [0.4, 0.5) is 0 Å². The van der Waals surface area contributed by atoms with E-state index in [9.17, 15) is 14.4 Å². The lowest BCUT2D eigenvalue weighted by Gasteiger charge is -2.33. The summed E-state index contributed by atoms with van der Waals surface area (Å²) < 4.78 is 12.1. The van der Waals surface area contributed by atoms with Crippen molar-refractivity contribution in [2.45, 2.75) is 393 Å². The summed E-state index contributed by atoms with van der Waals surface area (Å²) in [5, 5.41) is 0. The molecule has 2 atom stereocenters. The lowest BCUT2D eigenvalue weighted by molar-refractivity contribution is -0.151. The minimum absolute atomic E-state index is 0.0261. The molecule has 0 aromatic carbocycles. The molecule has 0 spiro atoms. The maximum Gasteiger partial charge on any atom is 0.306 e. The van der Waals surface area contributed by atoms with Crippen LogP contribution >= 0.6 is 0 Å². The molecule has 0 saturated heterocycles. The van der Waals surface area contributed by atoms with Gasteiger partial charge in [-0.1, -0.05) is 259 Å². The molecule has 0 aliphatic heterocycles. The molecule has 0 aromatic rings. The standard InChI is InChI=1S/C68H134N2O5/c1-8-13-18-23-24-31-37-47-58-66(71)70(62-51-40-50-61-69(6)7)63(53-42-36-30-28-33-39-49-60-67(72)74-64(54-43-20-15-10-3)55-44-21-16-11-4)52-41-35-29-26-25-27-32-38-48-59-68(73)75-65(56-45-22-17-12-5)57-46-34-19-14-9-2/h63-65H,8-62H2,1-7H3. The Labute approximate surface area is 469 Å². The van der Waals surface area contributed by atoms with Gasteiger partial charge in [-0.25, -0.2) is 0 Å². The number of rotatable bonds is 61. The molecular weight excluding hydrogens is 925 g/mol. The Morgan fingerprint density at radius 3 is 0.880 bits per heavy atom. The highest BCUT2D eigenvalue weighted by molar-refractivity contribution is 5.76. The van der Waals surface area contributed by atoms with E-state index < -0.39 is 0 Å². The molecule has 75 heavy (non-hydrogen) atoms. The smallest absolute Gasteiger partial charge is 0.306 e. The first-order valence-corrected chi connectivity index (χ1v) is 34.0. The second kappa shape index (κ2) is 58.5. The SMILES string of the molecule is CCCCCCCCCCC(=O)N(CCCCCN(C)C)C(CCCCCCCCCCCC(=O)OC(CCCCCC)CCCCCCC)CCCCCCCCCC(=O)OC(CCCCCC)CCCCCC. The number of carbonyl (C=O) groups is 3. The molecule has 446 valence electrons. The van der Waals surface area contributed by atoms with Crippen molar-refractivity contribution in [1.82, 2.24) is 9.80 Å². The van der Waals surface area contributed by atoms with Crippen LogP contribution in [0, 0.1) is 0 Å². The molecule has 0 aliphatic carbocycles. The Kier molecular flexibility index (Phi) is 57.2. The lowest BCUT2D eigenvalue weighted by atomic mass is 9.97. The van der Waals surface area contributed by atoms with E-state index in [-0.39, 0.29) is 24.1 Å². The summed E-state index contributed by atoms with van der Waals surface area (Å²) in [6.07, 6.45) is 62.4. The molecule has 0 radical (unpaired) electrons. The summed E-state index contributed by atoms with van der Waals surface area (Å²) in [6, 6.07) is 0.363. The van der Waals surface area contributed by atoms with Gasteiger partial charge in [0.05, 0.1) is 0 Å². The molecule has 0 bridgehead atoms. The van der Waals surface area contributed by atoms with E-state index in [0.717, 1.165) is 96.6 Å². The van der Waals surface area contributed by atoms with Crippen LogP contribution < -0.4 is 0 Å². The van der Waals surface area contributed by atoms with Crippen molar-refractivity contribution < 1.29 is 23.9 Å². The minimum atomic E-state index is 0.0261. The Hall–Kier alpha value is -1.63. The minimum Gasteiger partial charge on any atom is -0.462 e. The van der Waals surface area contributed by atoms with Gasteiger partial charge < -0.3 is 19.3 Å². The van der Waals surface area contributed by atoms with Crippen LogP contribution in [0.25, 0.3) is 0 Å². The average molecular weight is 1060 g/mol. The first-order chi connectivity index (χ1) is 36.7. The van der Waals surface area contributed by atoms with Crippen LogP contribution in [0.5, 0.6) is 0 Å². The number of hydrogen-bond donors (Lipinski definition) is 0. The van der Waals surface area contributed by atoms with Crippen molar-refractivity contribution in [3.05, 3.63) is 0 Å². The van der Waals surface area contributed by atoms with Gasteiger partial charge in [0.15, 0.2) is 0 Å². The molecule has 0 saturated carbocycles. The Bertz CT molecular complexity index is 1180. The Morgan fingerprint density at radius 1 is 0.293 bits per heavy atom. The van der Waals surface area contributed by atoms with Gasteiger partial charge in [0, 0.05) is 31.8 Å². The number of nitrogens with zero attached hydrogens (tertiary/aromatic N) is 2. The number of esters is 2. The topological polar surface area (TPSA) is 76.2 Å². The zero-order chi connectivity index (χ0) is 54.9. The average Bonchev–Trinajstić information content (AvgIpc) is 3.39. The molecular formula is C68H134N2O5. The fourth-order valence-corrected chi connectivity index (χ4v) is 11.2. The highest BCUT2D eigenvalue weighted by Crippen LogP contribution is 2.24. The molecule has 1 amide bonds. The maximum absolute atomic E-state index is 14.2. The van der Waals surface area contributed by atoms with Gasteiger partial charge >= 0.3 is 11.9 Å². The van der Waals surface area contributed by atoms with Crippen molar-refractivity contribution in [2.75, 3.05) is 27.2 Å². The first-order valence-electron chi connectivity index (χ1n) is 34.0. The van der Waals surface area contributed by atoms with Gasteiger partial charge in [0.25, 0.3) is 0 Å². The quantitative estimate of drug-likeness (QED) is 0.0446. The van der Waals surface area contributed by atoms with E-state index in [1.165, 1.54) is 244 Å². The molecule has 0 rings (SSSR count). The van der Waals surface area contributed by atoms with Crippen LogP contribution in [-0.2, 0) is 23.9 Å². The van der Waals surface area contributed by atoms with Gasteiger partial charge in [0.2, 0.25) is 5.91 Å². The van der Waals surface area contributed by atoms with Crippen LogP contribution in [0.15, 0.2) is 0 Å². The second-order valence-electron chi connectivity index (χ2n) is 24.0. The highest BCUT2D eigenvalue weighted by Gasteiger charge is 2.23. The van der Waals surface area contributed by atoms with E-state index >= 15 is 0 Å². The zero-order valence-corrected chi connectivity index (χ0v) is 52.1. The molecule has 7 heteroatoms. The lowest BCUT2D eigenvalue weighted by Crippen LogP contribution is -2.41. The molecule has 0 heterocycles. The van der Waals surface area contributed by atoms with Gasteiger partial charge in [0.1, 0.15) is 12.2 Å². The van der Waals surface area contributed by atoms with E-state index in [1.54, 1.807) is 0 Å². The molecule has 0 aliphatic rings. The predicted molar refractivity (Wildman–Crippen MR) is 327 cm³/mol. The third-order valence-corrected chi connectivity index (χ3v) is 16.2. The summed E-state index contributed by atoms with van der Waals surface area (Å²) in [5.41, 5.74) is 0. The summed E-state index contributed by atoms with van der Waals surface area (Å²) in [7, 11) is 4.33. The number of carbonyl (C=O) groups excluding carboxylic acids is 3. The van der Waals surface area contributed by atoms with E-state index in [1.807, 2.05) is 0 Å². The normalized spacial score (nSPS) is 12.5.